The number of hydrogen-bond acceptors (Lipinski definition) is 4. The Hall–Kier alpha value is -2.02. The van der Waals surface area contributed by atoms with Gasteiger partial charge < -0.3 is 10.1 Å². The summed E-state index contributed by atoms with van der Waals surface area (Å²) in [5.41, 5.74) is 0.262. The van der Waals surface area contributed by atoms with E-state index in [2.05, 4.69) is 15.3 Å². The van der Waals surface area contributed by atoms with E-state index in [4.69, 9.17) is 16.3 Å². The number of nitrogens with zero attached hydrogens (tertiary/aromatic N) is 2. The van der Waals surface area contributed by atoms with E-state index in [0.717, 1.165) is 5.56 Å². The quantitative estimate of drug-likeness (QED) is 0.811. The maximum absolute atomic E-state index is 13.7. The number of benzene rings is 1. The van der Waals surface area contributed by atoms with Gasteiger partial charge in [0.25, 0.3) is 6.43 Å². The molecule has 2 rings (SSSR count). The van der Waals surface area contributed by atoms with Crippen molar-refractivity contribution in [2.45, 2.75) is 33.2 Å². The highest BCUT2D eigenvalue weighted by atomic mass is 35.5. The lowest BCUT2D eigenvalue weighted by molar-refractivity contribution is 0.146. The van der Waals surface area contributed by atoms with Crippen molar-refractivity contribution in [1.82, 2.24) is 9.97 Å². The molecular weight excluding hydrogens is 343 g/mol. The SMILES string of the molecule is Cc1ccc(OC[C@H](C)Nc2nc(C)nc(C(F)F)c2Cl)c(F)c1. The monoisotopic (exact) mass is 359 g/mol. The van der Waals surface area contributed by atoms with Gasteiger partial charge in [-0.1, -0.05) is 17.7 Å². The summed E-state index contributed by atoms with van der Waals surface area (Å²) in [6.45, 7) is 5.11. The highest BCUT2D eigenvalue weighted by Crippen LogP contribution is 2.30. The Bertz CT molecular complexity index is 728. The first-order valence-electron chi connectivity index (χ1n) is 7.25. The van der Waals surface area contributed by atoms with Crippen LogP contribution in [0.2, 0.25) is 5.02 Å². The zero-order valence-electron chi connectivity index (χ0n) is 13.4. The van der Waals surface area contributed by atoms with Crippen LogP contribution in [0.15, 0.2) is 18.2 Å². The van der Waals surface area contributed by atoms with Gasteiger partial charge in [-0.2, -0.15) is 0 Å². The number of rotatable bonds is 6. The highest BCUT2D eigenvalue weighted by Gasteiger charge is 2.20. The molecule has 1 N–H and O–H groups in total. The van der Waals surface area contributed by atoms with Crippen molar-refractivity contribution in [2.24, 2.45) is 0 Å². The average molecular weight is 360 g/mol. The summed E-state index contributed by atoms with van der Waals surface area (Å²) < 4.78 is 44.9. The normalized spacial score (nSPS) is 12.3. The van der Waals surface area contributed by atoms with Crippen molar-refractivity contribution >= 4 is 17.4 Å². The third kappa shape index (κ3) is 4.50. The van der Waals surface area contributed by atoms with Crippen molar-refractivity contribution in [2.75, 3.05) is 11.9 Å². The van der Waals surface area contributed by atoms with Crippen LogP contribution in [0.3, 0.4) is 0 Å². The van der Waals surface area contributed by atoms with Crippen LogP contribution in [-0.2, 0) is 0 Å². The number of hydrogen-bond donors (Lipinski definition) is 1. The molecule has 130 valence electrons. The minimum absolute atomic E-state index is 0.0972. The fourth-order valence-electron chi connectivity index (χ4n) is 2.03. The molecule has 1 aromatic heterocycles. The van der Waals surface area contributed by atoms with E-state index in [9.17, 15) is 13.2 Å². The maximum atomic E-state index is 13.7. The second-order valence-corrected chi connectivity index (χ2v) is 5.79. The molecule has 0 radical (unpaired) electrons. The van der Waals surface area contributed by atoms with Gasteiger partial charge in [0, 0.05) is 0 Å². The third-order valence-corrected chi connectivity index (χ3v) is 3.53. The average Bonchev–Trinajstić information content (AvgIpc) is 2.49. The van der Waals surface area contributed by atoms with E-state index in [-0.39, 0.29) is 35.1 Å². The van der Waals surface area contributed by atoms with Gasteiger partial charge in [0.1, 0.15) is 29.0 Å². The highest BCUT2D eigenvalue weighted by molar-refractivity contribution is 6.33. The Balaban J connectivity index is 2.06. The predicted octanol–water partition coefficient (Wildman–Crippen LogP) is 4.70. The largest absolute Gasteiger partial charge is 0.488 e. The minimum atomic E-state index is -2.80. The molecule has 4 nitrogen and oxygen atoms in total. The van der Waals surface area contributed by atoms with Crippen molar-refractivity contribution < 1.29 is 17.9 Å². The molecule has 0 fully saturated rings. The lowest BCUT2D eigenvalue weighted by Gasteiger charge is -2.18. The Morgan fingerprint density at radius 3 is 2.58 bits per heavy atom. The van der Waals surface area contributed by atoms with Crippen molar-refractivity contribution in [1.29, 1.82) is 0 Å². The van der Waals surface area contributed by atoms with Gasteiger partial charge in [-0.05, 0) is 38.5 Å². The fraction of sp³-hybridized carbons (Fsp3) is 0.375. The topological polar surface area (TPSA) is 47.0 Å². The molecule has 24 heavy (non-hydrogen) atoms. The van der Waals surface area contributed by atoms with Crippen LogP contribution in [0.25, 0.3) is 0 Å². The summed E-state index contributed by atoms with van der Waals surface area (Å²) >= 11 is 5.91. The zero-order valence-corrected chi connectivity index (χ0v) is 14.2. The molecule has 1 aromatic carbocycles. The Kier molecular flexibility index (Phi) is 5.88. The number of nitrogens with one attached hydrogen (secondary N) is 1. The predicted molar refractivity (Wildman–Crippen MR) is 86.5 cm³/mol. The number of aryl methyl sites for hydroxylation is 2. The minimum Gasteiger partial charge on any atom is -0.488 e. The molecule has 0 aliphatic carbocycles. The van der Waals surface area contributed by atoms with Gasteiger partial charge in [-0.15, -0.1) is 0 Å². The molecule has 1 heterocycles. The first-order valence-corrected chi connectivity index (χ1v) is 7.63. The molecule has 0 aliphatic rings. The Labute approximate surface area is 143 Å². The fourth-order valence-corrected chi connectivity index (χ4v) is 2.26. The van der Waals surface area contributed by atoms with Crippen LogP contribution >= 0.6 is 11.6 Å². The van der Waals surface area contributed by atoms with Crippen LogP contribution in [0.4, 0.5) is 19.0 Å². The van der Waals surface area contributed by atoms with Crippen LogP contribution in [-0.4, -0.2) is 22.6 Å². The number of ether oxygens (including phenoxy) is 1. The number of alkyl halides is 2. The summed E-state index contributed by atoms with van der Waals surface area (Å²) in [5.74, 6) is -0.0690. The molecule has 0 amide bonds. The van der Waals surface area contributed by atoms with Crippen molar-refractivity contribution in [3.63, 3.8) is 0 Å². The maximum Gasteiger partial charge on any atom is 0.282 e. The molecule has 0 unspecified atom stereocenters. The smallest absolute Gasteiger partial charge is 0.282 e. The summed E-state index contributed by atoms with van der Waals surface area (Å²) in [4.78, 5) is 7.66. The van der Waals surface area contributed by atoms with E-state index in [1.165, 1.54) is 19.1 Å². The number of aromatic nitrogens is 2. The van der Waals surface area contributed by atoms with Gasteiger partial charge in [-0.25, -0.2) is 23.1 Å². The first kappa shape index (κ1) is 18.3. The molecule has 0 aliphatic heterocycles. The molecule has 8 heteroatoms. The van der Waals surface area contributed by atoms with E-state index in [0.29, 0.717) is 0 Å². The summed E-state index contributed by atoms with van der Waals surface area (Å²) in [7, 11) is 0. The van der Waals surface area contributed by atoms with Gasteiger partial charge in [0.2, 0.25) is 0 Å². The Morgan fingerprint density at radius 1 is 1.25 bits per heavy atom. The first-order chi connectivity index (χ1) is 11.3. The van der Waals surface area contributed by atoms with Gasteiger partial charge in [0.15, 0.2) is 11.6 Å². The van der Waals surface area contributed by atoms with Gasteiger partial charge in [-0.3, -0.25) is 0 Å². The van der Waals surface area contributed by atoms with Crippen LogP contribution in [0.1, 0.15) is 30.4 Å². The molecule has 2 aromatic rings. The Morgan fingerprint density at radius 2 is 1.96 bits per heavy atom. The summed E-state index contributed by atoms with van der Waals surface area (Å²) in [6, 6.07) is 4.29. The van der Waals surface area contributed by atoms with E-state index >= 15 is 0 Å². The van der Waals surface area contributed by atoms with Crippen LogP contribution < -0.4 is 10.1 Å². The lowest BCUT2D eigenvalue weighted by Crippen LogP contribution is -2.25. The lowest BCUT2D eigenvalue weighted by atomic mass is 10.2. The van der Waals surface area contributed by atoms with Crippen LogP contribution in [0.5, 0.6) is 5.75 Å². The molecule has 0 spiro atoms. The van der Waals surface area contributed by atoms with E-state index < -0.39 is 17.9 Å². The summed E-state index contributed by atoms with van der Waals surface area (Å²) in [6.07, 6.45) is -2.80. The molecule has 0 saturated heterocycles. The standard InChI is InChI=1S/C16H17ClF3N3O/c1-8-4-5-12(11(18)6-8)24-7-9(2)21-16-13(17)14(15(19)20)22-10(3)23-16/h4-6,9,15H,7H2,1-3H3,(H,21,22,23)/t9-/m0/s1. The summed E-state index contributed by atoms with van der Waals surface area (Å²) in [5, 5.41) is 2.65. The van der Waals surface area contributed by atoms with Crippen molar-refractivity contribution in [3.8, 4) is 5.75 Å². The van der Waals surface area contributed by atoms with Crippen LogP contribution in [0, 0.1) is 19.7 Å². The number of halogens is 4. The second-order valence-electron chi connectivity index (χ2n) is 5.41. The van der Waals surface area contributed by atoms with Gasteiger partial charge >= 0.3 is 0 Å². The number of anilines is 1. The van der Waals surface area contributed by atoms with E-state index in [1.807, 2.05) is 0 Å². The van der Waals surface area contributed by atoms with Crippen molar-refractivity contribution in [3.05, 3.63) is 46.1 Å². The molecule has 0 bridgehead atoms. The molecule has 1 atom stereocenters. The van der Waals surface area contributed by atoms with Gasteiger partial charge in [0.05, 0.1) is 6.04 Å². The second kappa shape index (κ2) is 7.70. The van der Waals surface area contributed by atoms with E-state index in [1.54, 1.807) is 19.9 Å². The third-order valence-electron chi connectivity index (χ3n) is 3.15. The molecular formula is C16H17ClF3N3O. The molecule has 0 saturated carbocycles. The zero-order chi connectivity index (χ0) is 17.9.